The topological polar surface area (TPSA) is 84.5 Å². The minimum absolute atomic E-state index is 0.0840. The van der Waals surface area contributed by atoms with Crippen molar-refractivity contribution in [2.24, 2.45) is 5.92 Å². The lowest BCUT2D eigenvalue weighted by Gasteiger charge is -2.46. The van der Waals surface area contributed by atoms with E-state index in [0.717, 1.165) is 35.3 Å². The first-order valence-electron chi connectivity index (χ1n) is 18.2. The van der Waals surface area contributed by atoms with Crippen LogP contribution >= 0.6 is 0 Å². The molecule has 1 aliphatic heterocycles. The van der Waals surface area contributed by atoms with Crippen molar-refractivity contribution in [1.82, 2.24) is 5.32 Å². The number of nitrogens with one attached hydrogen (secondary N) is 1. The highest BCUT2D eigenvalue weighted by Crippen LogP contribution is 2.43. The summed E-state index contributed by atoms with van der Waals surface area (Å²) in [5, 5.41) is 3.34. The van der Waals surface area contributed by atoms with Crippen molar-refractivity contribution >= 4 is 14.2 Å². The quantitative estimate of drug-likeness (QED) is 0.119. The lowest BCUT2D eigenvalue weighted by molar-refractivity contribution is -0.225. The van der Waals surface area contributed by atoms with Crippen LogP contribution in [0.5, 0.6) is 5.75 Å². The first-order valence-corrected chi connectivity index (χ1v) is 21.2. The number of hydrogen-bond acceptors (Lipinski definition) is 7. The van der Waals surface area contributed by atoms with E-state index in [1.807, 2.05) is 60.7 Å². The molecule has 0 aromatic heterocycles. The Labute approximate surface area is 305 Å². The van der Waals surface area contributed by atoms with Gasteiger partial charge in [-0.2, -0.15) is 0 Å². The molecule has 276 valence electrons. The Bertz CT molecular complexity index is 1520. The highest BCUT2D eigenvalue weighted by Gasteiger charge is 2.50. The minimum Gasteiger partial charge on any atom is -0.497 e. The molecule has 2 aliphatic rings. The maximum atomic E-state index is 14.3. The smallest absolute Gasteiger partial charge is 0.252 e. The highest BCUT2D eigenvalue weighted by molar-refractivity contribution is 6.74. The third kappa shape index (κ3) is 10.4. The van der Waals surface area contributed by atoms with Gasteiger partial charge in [-0.1, -0.05) is 99.6 Å². The molecule has 1 unspecified atom stereocenters. The zero-order chi connectivity index (χ0) is 36.5. The first kappa shape index (κ1) is 38.9. The number of hydrogen-bond donors (Lipinski definition) is 1. The summed E-state index contributed by atoms with van der Waals surface area (Å²) in [5.74, 6) is -0.349. The SMILES string of the molecule is C=CC(O[Si](C)(C)C(C)(C)C)C(=O)N[C@@H](Cc1ccc(OC)cc1)[C@@H](OCc1ccccc1)[C@H]1CC2(CC[C@@H]1OCc1ccccc1)OCCO2. The number of benzene rings is 3. The maximum absolute atomic E-state index is 14.3. The van der Waals surface area contributed by atoms with Crippen LogP contribution in [0.4, 0.5) is 0 Å². The van der Waals surface area contributed by atoms with Gasteiger partial charge >= 0.3 is 0 Å². The summed E-state index contributed by atoms with van der Waals surface area (Å²) in [5.41, 5.74) is 3.18. The van der Waals surface area contributed by atoms with Gasteiger partial charge in [0.1, 0.15) is 11.9 Å². The van der Waals surface area contributed by atoms with E-state index in [0.29, 0.717) is 39.3 Å². The average molecular weight is 716 g/mol. The second-order valence-electron chi connectivity index (χ2n) is 15.3. The number of carbonyl (C=O) groups excluding carboxylic acids is 1. The molecular weight excluding hydrogens is 659 g/mol. The minimum atomic E-state index is -2.31. The molecule has 5 atom stereocenters. The van der Waals surface area contributed by atoms with Crippen LogP contribution in [-0.2, 0) is 47.8 Å². The van der Waals surface area contributed by atoms with Crippen molar-refractivity contribution in [1.29, 1.82) is 0 Å². The fourth-order valence-electron chi connectivity index (χ4n) is 6.78. The number of methoxy groups -OCH3 is 1. The van der Waals surface area contributed by atoms with Crippen LogP contribution in [-0.4, -0.2) is 64.7 Å². The molecular formula is C42H57NO7Si. The van der Waals surface area contributed by atoms with E-state index in [4.69, 9.17) is 28.1 Å². The average Bonchev–Trinajstić information content (AvgIpc) is 3.58. The first-order chi connectivity index (χ1) is 24.4. The summed E-state index contributed by atoms with van der Waals surface area (Å²) >= 11 is 0. The van der Waals surface area contributed by atoms with Crippen molar-refractivity contribution in [3.63, 3.8) is 0 Å². The van der Waals surface area contributed by atoms with Gasteiger partial charge in [0.2, 0.25) is 0 Å². The standard InChI is InChI=1S/C42H57NO7Si/c1-8-37(50-51(6,7)41(2,3)4)40(44)43-36(27-31-19-21-34(45-5)22-20-31)39(47-30-33-17-13-10-14-18-33)35-28-42(48-25-26-49-42)24-23-38(35)46-29-32-15-11-9-12-16-32/h8-22,35-39H,1,23-30H2,2-7H3,(H,43,44)/t35-,36-,37?,38-,39-/m0/s1. The van der Waals surface area contributed by atoms with Crippen molar-refractivity contribution in [2.75, 3.05) is 20.3 Å². The molecule has 8 nitrogen and oxygen atoms in total. The Kier molecular flexibility index (Phi) is 13.3. The fraction of sp³-hybridized carbons (Fsp3) is 0.500. The van der Waals surface area contributed by atoms with Crippen molar-refractivity contribution in [3.05, 3.63) is 114 Å². The van der Waals surface area contributed by atoms with Gasteiger partial charge in [-0.15, -0.1) is 6.58 Å². The van der Waals surface area contributed by atoms with Crippen LogP contribution < -0.4 is 10.1 Å². The summed E-state index contributed by atoms with van der Waals surface area (Å²) in [7, 11) is -0.655. The van der Waals surface area contributed by atoms with Crippen LogP contribution in [0.1, 0.15) is 56.7 Å². The largest absolute Gasteiger partial charge is 0.497 e. The van der Waals surface area contributed by atoms with Crippen LogP contribution in [0.25, 0.3) is 0 Å². The molecule has 3 aromatic rings. The molecule has 1 heterocycles. The van der Waals surface area contributed by atoms with Crippen LogP contribution in [0.15, 0.2) is 97.6 Å². The van der Waals surface area contributed by atoms with Gasteiger partial charge in [0, 0.05) is 18.8 Å². The molecule has 1 saturated heterocycles. The van der Waals surface area contributed by atoms with Crippen molar-refractivity contribution < 1.29 is 32.9 Å². The molecule has 5 rings (SSSR count). The zero-order valence-electron chi connectivity index (χ0n) is 31.3. The van der Waals surface area contributed by atoms with Gasteiger partial charge in [0.15, 0.2) is 14.1 Å². The summed E-state index contributed by atoms with van der Waals surface area (Å²) < 4.78 is 38.5. The van der Waals surface area contributed by atoms with E-state index in [-0.39, 0.29) is 23.0 Å². The Morgan fingerprint density at radius 1 is 0.941 bits per heavy atom. The van der Waals surface area contributed by atoms with E-state index in [9.17, 15) is 4.79 Å². The summed E-state index contributed by atoms with van der Waals surface area (Å²) in [4.78, 5) is 14.3. The fourth-order valence-corrected chi connectivity index (χ4v) is 7.97. The van der Waals surface area contributed by atoms with E-state index in [2.05, 4.69) is 70.0 Å². The summed E-state index contributed by atoms with van der Waals surface area (Å²) in [6.45, 7) is 16.7. The second-order valence-corrected chi connectivity index (χ2v) is 20.1. The molecule has 1 aliphatic carbocycles. The molecule has 1 amide bonds. The van der Waals surface area contributed by atoms with E-state index >= 15 is 0 Å². The molecule has 1 saturated carbocycles. The third-order valence-corrected chi connectivity index (χ3v) is 15.2. The van der Waals surface area contributed by atoms with Crippen molar-refractivity contribution in [3.8, 4) is 5.75 Å². The predicted octanol–water partition coefficient (Wildman–Crippen LogP) is 8.01. The van der Waals surface area contributed by atoms with Crippen molar-refractivity contribution in [2.45, 2.75) is 108 Å². The number of carbonyl (C=O) groups is 1. The van der Waals surface area contributed by atoms with E-state index < -0.39 is 32.4 Å². The number of rotatable bonds is 16. The van der Waals surface area contributed by atoms with E-state index in [1.54, 1.807) is 13.2 Å². The second kappa shape index (κ2) is 17.5. The van der Waals surface area contributed by atoms with Gasteiger partial charge in [-0.3, -0.25) is 4.79 Å². The Morgan fingerprint density at radius 2 is 1.55 bits per heavy atom. The predicted molar refractivity (Wildman–Crippen MR) is 203 cm³/mol. The molecule has 0 radical (unpaired) electrons. The zero-order valence-corrected chi connectivity index (χ0v) is 32.3. The Hall–Kier alpha value is -3.31. The summed E-state index contributed by atoms with van der Waals surface area (Å²) in [6, 6.07) is 27.9. The van der Waals surface area contributed by atoms with Crippen LogP contribution in [0.2, 0.25) is 18.1 Å². The summed E-state index contributed by atoms with van der Waals surface area (Å²) in [6.07, 6.45) is 2.70. The number of ether oxygens (including phenoxy) is 5. The van der Waals surface area contributed by atoms with Gasteiger partial charge in [0.25, 0.3) is 5.91 Å². The Balaban J connectivity index is 1.52. The lowest BCUT2D eigenvalue weighted by atomic mass is 9.76. The lowest BCUT2D eigenvalue weighted by Crippen LogP contribution is -2.58. The number of amides is 1. The van der Waals surface area contributed by atoms with Crippen LogP contribution in [0, 0.1) is 5.92 Å². The van der Waals surface area contributed by atoms with Gasteiger partial charge in [-0.25, -0.2) is 0 Å². The monoisotopic (exact) mass is 715 g/mol. The normalized spacial score (nSPS) is 20.7. The Morgan fingerprint density at radius 3 is 2.12 bits per heavy atom. The molecule has 51 heavy (non-hydrogen) atoms. The highest BCUT2D eigenvalue weighted by atomic mass is 28.4. The maximum Gasteiger partial charge on any atom is 0.252 e. The molecule has 9 heteroatoms. The van der Waals surface area contributed by atoms with Gasteiger partial charge in [0.05, 0.1) is 51.8 Å². The van der Waals surface area contributed by atoms with Gasteiger partial charge in [-0.05, 0) is 59.8 Å². The molecule has 2 fully saturated rings. The third-order valence-electron chi connectivity index (χ3n) is 10.7. The van der Waals surface area contributed by atoms with E-state index in [1.165, 1.54) is 0 Å². The molecule has 3 aromatic carbocycles. The molecule has 0 bridgehead atoms. The van der Waals surface area contributed by atoms with Crippen LogP contribution in [0.3, 0.4) is 0 Å². The molecule has 1 N–H and O–H groups in total. The van der Waals surface area contributed by atoms with Gasteiger partial charge < -0.3 is 33.4 Å². The molecule has 1 spiro atoms.